The molecule has 1 unspecified atom stereocenters. The molecule has 1 N–H and O–H groups in total. The molecule has 2 aromatic carbocycles. The number of hydrogen-bond donors (Lipinski definition) is 1. The third-order valence-electron chi connectivity index (χ3n) is 5.27. The van der Waals surface area contributed by atoms with E-state index in [0.29, 0.717) is 24.0 Å². The van der Waals surface area contributed by atoms with Crippen LogP contribution in [0.4, 0.5) is 0 Å². The van der Waals surface area contributed by atoms with Crippen molar-refractivity contribution >= 4 is 5.91 Å². The Labute approximate surface area is 167 Å². The van der Waals surface area contributed by atoms with E-state index in [2.05, 4.69) is 41.4 Å². The Kier molecular flexibility index (Phi) is 7.31. The Morgan fingerprint density at radius 1 is 1.14 bits per heavy atom. The number of piperidine rings is 1. The predicted octanol–water partition coefficient (Wildman–Crippen LogP) is 3.41. The largest absolute Gasteiger partial charge is 0.493 e. The second kappa shape index (κ2) is 10.1. The van der Waals surface area contributed by atoms with Crippen LogP contribution in [-0.2, 0) is 11.3 Å². The molecule has 0 spiro atoms. The van der Waals surface area contributed by atoms with E-state index in [4.69, 9.17) is 9.47 Å². The molecular weight excluding hydrogens is 352 g/mol. The molecule has 0 aliphatic carbocycles. The number of hydrogen-bond acceptors (Lipinski definition) is 4. The molecule has 0 saturated carbocycles. The molecule has 1 fully saturated rings. The van der Waals surface area contributed by atoms with E-state index >= 15 is 0 Å². The number of nitrogens with zero attached hydrogens (tertiary/aromatic N) is 1. The first-order chi connectivity index (χ1) is 13.7. The van der Waals surface area contributed by atoms with Crippen LogP contribution in [0, 0.1) is 12.8 Å². The Hall–Kier alpha value is -2.53. The number of amides is 1. The Balaban J connectivity index is 1.42. The zero-order chi connectivity index (χ0) is 19.8. The third-order valence-corrected chi connectivity index (χ3v) is 5.27. The second-order valence-electron chi connectivity index (χ2n) is 7.41. The zero-order valence-electron chi connectivity index (χ0n) is 16.8. The summed E-state index contributed by atoms with van der Waals surface area (Å²) in [5, 5.41) is 3.02. The first-order valence-corrected chi connectivity index (χ1v) is 9.95. The molecule has 2 aromatic rings. The van der Waals surface area contributed by atoms with E-state index < -0.39 is 0 Å². The summed E-state index contributed by atoms with van der Waals surface area (Å²) in [7, 11) is 1.59. The van der Waals surface area contributed by atoms with Crippen molar-refractivity contribution in [2.24, 2.45) is 5.92 Å². The lowest BCUT2D eigenvalue weighted by Crippen LogP contribution is -2.41. The second-order valence-corrected chi connectivity index (χ2v) is 7.41. The van der Waals surface area contributed by atoms with Crippen LogP contribution in [0.25, 0.3) is 0 Å². The molecule has 1 amide bonds. The maximum absolute atomic E-state index is 12.2. The number of aryl methyl sites for hydroxylation is 1. The van der Waals surface area contributed by atoms with Crippen molar-refractivity contribution in [1.82, 2.24) is 10.2 Å². The molecule has 0 bridgehead atoms. The molecule has 1 heterocycles. The van der Waals surface area contributed by atoms with Gasteiger partial charge in [-0.1, -0.05) is 36.4 Å². The predicted molar refractivity (Wildman–Crippen MR) is 111 cm³/mol. The van der Waals surface area contributed by atoms with E-state index in [1.165, 1.54) is 17.5 Å². The summed E-state index contributed by atoms with van der Waals surface area (Å²) in [5.74, 6) is 1.60. The average Bonchev–Trinajstić information content (AvgIpc) is 2.73. The molecule has 28 heavy (non-hydrogen) atoms. The maximum Gasteiger partial charge on any atom is 0.257 e. The number of likely N-dealkylation sites (tertiary alicyclic amines) is 1. The highest BCUT2D eigenvalue weighted by Crippen LogP contribution is 2.25. The number of para-hydroxylation sites is 2. The van der Waals surface area contributed by atoms with E-state index in [0.717, 1.165) is 26.1 Å². The van der Waals surface area contributed by atoms with Gasteiger partial charge in [0, 0.05) is 19.6 Å². The highest BCUT2D eigenvalue weighted by Gasteiger charge is 2.21. The van der Waals surface area contributed by atoms with Crippen LogP contribution in [0.2, 0.25) is 0 Å². The molecule has 1 saturated heterocycles. The van der Waals surface area contributed by atoms with Gasteiger partial charge in [0.15, 0.2) is 18.1 Å². The summed E-state index contributed by atoms with van der Waals surface area (Å²) in [6.45, 7) is 5.98. The van der Waals surface area contributed by atoms with Gasteiger partial charge in [0.1, 0.15) is 0 Å². The standard InChI is InChI=1S/C23H30N2O3/c1-18-8-3-4-10-20(18)16-25-13-7-9-19(15-25)14-24-23(26)17-28-22-12-6-5-11-21(22)27-2/h3-6,8,10-12,19H,7,9,13-17H2,1-2H3,(H,24,26). The number of ether oxygens (including phenoxy) is 2. The van der Waals surface area contributed by atoms with Crippen LogP contribution < -0.4 is 14.8 Å². The topological polar surface area (TPSA) is 50.8 Å². The summed E-state index contributed by atoms with van der Waals surface area (Å²) in [4.78, 5) is 14.7. The van der Waals surface area contributed by atoms with Gasteiger partial charge in [-0.3, -0.25) is 9.69 Å². The monoisotopic (exact) mass is 382 g/mol. The Bertz CT molecular complexity index is 778. The van der Waals surface area contributed by atoms with Crippen LogP contribution >= 0.6 is 0 Å². The van der Waals surface area contributed by atoms with Crippen LogP contribution in [0.1, 0.15) is 24.0 Å². The van der Waals surface area contributed by atoms with Gasteiger partial charge < -0.3 is 14.8 Å². The van der Waals surface area contributed by atoms with Crippen molar-refractivity contribution in [1.29, 1.82) is 0 Å². The first kappa shape index (κ1) is 20.2. The van der Waals surface area contributed by atoms with Crippen molar-refractivity contribution < 1.29 is 14.3 Å². The maximum atomic E-state index is 12.2. The number of carbonyl (C=O) groups excluding carboxylic acids is 1. The lowest BCUT2D eigenvalue weighted by molar-refractivity contribution is -0.123. The molecule has 5 nitrogen and oxygen atoms in total. The number of benzene rings is 2. The fraction of sp³-hybridized carbons (Fsp3) is 0.435. The molecule has 150 valence electrons. The van der Waals surface area contributed by atoms with E-state index in [-0.39, 0.29) is 12.5 Å². The number of rotatable bonds is 8. The molecule has 5 heteroatoms. The lowest BCUT2D eigenvalue weighted by atomic mass is 9.97. The lowest BCUT2D eigenvalue weighted by Gasteiger charge is -2.33. The quantitative estimate of drug-likeness (QED) is 0.760. The van der Waals surface area contributed by atoms with Crippen LogP contribution in [0.3, 0.4) is 0 Å². The van der Waals surface area contributed by atoms with Crippen LogP contribution in [0.15, 0.2) is 48.5 Å². The van der Waals surface area contributed by atoms with Gasteiger partial charge >= 0.3 is 0 Å². The van der Waals surface area contributed by atoms with Gasteiger partial charge in [0.2, 0.25) is 0 Å². The number of nitrogens with one attached hydrogen (secondary N) is 1. The summed E-state index contributed by atoms with van der Waals surface area (Å²) < 4.78 is 10.8. The highest BCUT2D eigenvalue weighted by molar-refractivity contribution is 5.77. The third kappa shape index (κ3) is 5.73. The number of carbonyl (C=O) groups is 1. The van der Waals surface area contributed by atoms with Gasteiger partial charge in [-0.15, -0.1) is 0 Å². The van der Waals surface area contributed by atoms with Crippen molar-refractivity contribution in [3.8, 4) is 11.5 Å². The normalized spacial score (nSPS) is 17.1. The SMILES string of the molecule is COc1ccccc1OCC(=O)NCC1CCCN(Cc2ccccc2C)C1. The van der Waals surface area contributed by atoms with Gasteiger partial charge in [-0.2, -0.15) is 0 Å². The Morgan fingerprint density at radius 3 is 2.68 bits per heavy atom. The zero-order valence-corrected chi connectivity index (χ0v) is 16.8. The van der Waals surface area contributed by atoms with E-state index in [1.54, 1.807) is 13.2 Å². The minimum atomic E-state index is -0.0954. The van der Waals surface area contributed by atoms with Gasteiger partial charge in [0.05, 0.1) is 7.11 Å². The number of methoxy groups -OCH3 is 1. The molecule has 1 aliphatic rings. The molecule has 0 aromatic heterocycles. The minimum absolute atomic E-state index is 0.0000175. The van der Waals surface area contributed by atoms with Crippen molar-refractivity contribution in [3.05, 3.63) is 59.7 Å². The van der Waals surface area contributed by atoms with Crippen LogP contribution in [-0.4, -0.2) is 44.2 Å². The van der Waals surface area contributed by atoms with E-state index in [1.807, 2.05) is 18.2 Å². The summed E-state index contributed by atoms with van der Waals surface area (Å²) in [6.07, 6.45) is 2.32. The van der Waals surface area contributed by atoms with E-state index in [9.17, 15) is 4.79 Å². The highest BCUT2D eigenvalue weighted by atomic mass is 16.5. The van der Waals surface area contributed by atoms with Crippen molar-refractivity contribution in [2.45, 2.75) is 26.3 Å². The van der Waals surface area contributed by atoms with Gasteiger partial charge in [0.25, 0.3) is 5.91 Å². The first-order valence-electron chi connectivity index (χ1n) is 9.95. The minimum Gasteiger partial charge on any atom is -0.493 e. The van der Waals surface area contributed by atoms with Gasteiger partial charge in [-0.05, 0) is 55.5 Å². The van der Waals surface area contributed by atoms with Crippen molar-refractivity contribution in [3.63, 3.8) is 0 Å². The molecular formula is C23H30N2O3. The van der Waals surface area contributed by atoms with Gasteiger partial charge in [-0.25, -0.2) is 0 Å². The molecule has 1 atom stereocenters. The molecule has 0 radical (unpaired) electrons. The smallest absolute Gasteiger partial charge is 0.257 e. The van der Waals surface area contributed by atoms with Crippen molar-refractivity contribution in [2.75, 3.05) is 33.4 Å². The summed E-state index contributed by atoms with van der Waals surface area (Å²) in [6, 6.07) is 15.9. The molecule has 3 rings (SSSR count). The summed E-state index contributed by atoms with van der Waals surface area (Å²) in [5.41, 5.74) is 2.73. The molecule has 1 aliphatic heterocycles. The summed E-state index contributed by atoms with van der Waals surface area (Å²) >= 11 is 0. The fourth-order valence-corrected chi connectivity index (χ4v) is 3.68. The fourth-order valence-electron chi connectivity index (χ4n) is 3.68. The average molecular weight is 383 g/mol. The van der Waals surface area contributed by atoms with Crippen LogP contribution in [0.5, 0.6) is 11.5 Å². The Morgan fingerprint density at radius 2 is 1.89 bits per heavy atom.